The van der Waals surface area contributed by atoms with Crippen molar-refractivity contribution in [1.29, 1.82) is 0 Å². The predicted molar refractivity (Wildman–Crippen MR) is 89.8 cm³/mol. The Labute approximate surface area is 140 Å². The van der Waals surface area contributed by atoms with Crippen molar-refractivity contribution in [3.63, 3.8) is 0 Å². The minimum absolute atomic E-state index is 0.187. The molecule has 0 radical (unpaired) electrons. The van der Waals surface area contributed by atoms with Gasteiger partial charge < -0.3 is 4.52 Å². The predicted octanol–water partition coefficient (Wildman–Crippen LogP) is 2.57. The van der Waals surface area contributed by atoms with Crippen molar-refractivity contribution >= 4 is 10.0 Å². The standard InChI is InChI=1S/C17H17N3O3S/c1-13-7-9-14(10-8-13)17-19-16(23-20-17)11-12-18-24(21,22)15-5-3-2-4-6-15/h2-10,18H,11-12H2,1H3. The van der Waals surface area contributed by atoms with Crippen LogP contribution in [0.5, 0.6) is 0 Å². The molecule has 0 unspecified atom stereocenters. The number of aryl methyl sites for hydroxylation is 1. The summed E-state index contributed by atoms with van der Waals surface area (Å²) in [5, 5.41) is 3.93. The maximum Gasteiger partial charge on any atom is 0.240 e. The lowest BCUT2D eigenvalue weighted by Crippen LogP contribution is -2.26. The third-order valence-corrected chi connectivity index (χ3v) is 4.94. The number of benzene rings is 2. The molecule has 0 fully saturated rings. The summed E-state index contributed by atoms with van der Waals surface area (Å²) in [5.74, 6) is 0.886. The van der Waals surface area contributed by atoms with E-state index in [1.165, 1.54) is 0 Å². The van der Waals surface area contributed by atoms with E-state index in [-0.39, 0.29) is 11.4 Å². The summed E-state index contributed by atoms with van der Waals surface area (Å²) in [7, 11) is -3.52. The molecule has 0 amide bonds. The van der Waals surface area contributed by atoms with Gasteiger partial charge in [0.25, 0.3) is 0 Å². The number of nitrogens with one attached hydrogen (secondary N) is 1. The molecule has 124 valence electrons. The Hall–Kier alpha value is -2.51. The van der Waals surface area contributed by atoms with Gasteiger partial charge in [-0.1, -0.05) is 53.2 Å². The highest BCUT2D eigenvalue weighted by molar-refractivity contribution is 7.89. The van der Waals surface area contributed by atoms with Crippen LogP contribution in [0.4, 0.5) is 0 Å². The van der Waals surface area contributed by atoms with Crippen molar-refractivity contribution in [3.8, 4) is 11.4 Å². The summed E-state index contributed by atoms with van der Waals surface area (Å²) >= 11 is 0. The average molecular weight is 343 g/mol. The van der Waals surface area contributed by atoms with Gasteiger partial charge in [0.2, 0.25) is 21.7 Å². The molecule has 2 aromatic carbocycles. The van der Waals surface area contributed by atoms with Crippen molar-refractivity contribution < 1.29 is 12.9 Å². The fourth-order valence-electron chi connectivity index (χ4n) is 2.15. The second kappa shape index (κ2) is 6.94. The van der Waals surface area contributed by atoms with Crippen LogP contribution < -0.4 is 4.72 Å². The van der Waals surface area contributed by atoms with Gasteiger partial charge in [-0.3, -0.25) is 0 Å². The monoisotopic (exact) mass is 343 g/mol. The van der Waals surface area contributed by atoms with E-state index in [2.05, 4.69) is 14.9 Å². The zero-order chi connectivity index (χ0) is 17.0. The minimum atomic E-state index is -3.52. The van der Waals surface area contributed by atoms with Crippen LogP contribution in [-0.2, 0) is 16.4 Å². The Bertz CT molecular complexity index is 904. The van der Waals surface area contributed by atoms with Gasteiger partial charge in [0.15, 0.2) is 0 Å². The molecular weight excluding hydrogens is 326 g/mol. The first kappa shape index (κ1) is 16.4. The van der Waals surface area contributed by atoms with E-state index in [9.17, 15) is 8.42 Å². The first-order valence-corrected chi connectivity index (χ1v) is 8.97. The van der Waals surface area contributed by atoms with Gasteiger partial charge in [-0.15, -0.1) is 0 Å². The molecule has 24 heavy (non-hydrogen) atoms. The highest BCUT2D eigenvalue weighted by atomic mass is 32.2. The number of hydrogen-bond acceptors (Lipinski definition) is 5. The molecule has 0 aliphatic rings. The normalized spacial score (nSPS) is 11.5. The van der Waals surface area contributed by atoms with Crippen molar-refractivity contribution in [2.75, 3.05) is 6.54 Å². The molecule has 3 aromatic rings. The molecule has 0 aliphatic carbocycles. The van der Waals surface area contributed by atoms with Crippen molar-refractivity contribution in [2.45, 2.75) is 18.2 Å². The van der Waals surface area contributed by atoms with Gasteiger partial charge in [-0.25, -0.2) is 13.1 Å². The zero-order valence-corrected chi connectivity index (χ0v) is 14.0. The van der Waals surface area contributed by atoms with E-state index in [0.29, 0.717) is 18.1 Å². The molecule has 0 atom stereocenters. The second-order valence-corrected chi connectivity index (χ2v) is 7.11. The van der Waals surface area contributed by atoms with Gasteiger partial charge in [0, 0.05) is 18.5 Å². The third-order valence-electron chi connectivity index (χ3n) is 3.46. The smallest absolute Gasteiger partial charge is 0.240 e. The summed E-state index contributed by atoms with van der Waals surface area (Å²) in [6, 6.07) is 16.0. The Morgan fingerprint density at radius 2 is 1.75 bits per heavy atom. The Morgan fingerprint density at radius 1 is 1.04 bits per heavy atom. The second-order valence-electron chi connectivity index (χ2n) is 5.34. The van der Waals surface area contributed by atoms with E-state index in [4.69, 9.17) is 4.52 Å². The van der Waals surface area contributed by atoms with Crippen LogP contribution in [0.2, 0.25) is 0 Å². The topological polar surface area (TPSA) is 85.1 Å². The molecule has 6 nitrogen and oxygen atoms in total. The number of hydrogen-bond donors (Lipinski definition) is 1. The molecular formula is C17H17N3O3S. The first-order valence-electron chi connectivity index (χ1n) is 7.49. The van der Waals surface area contributed by atoms with E-state index in [0.717, 1.165) is 11.1 Å². The van der Waals surface area contributed by atoms with Crippen LogP contribution in [0.3, 0.4) is 0 Å². The van der Waals surface area contributed by atoms with Crippen LogP contribution in [0.1, 0.15) is 11.5 Å². The molecule has 0 spiro atoms. The lowest BCUT2D eigenvalue weighted by Gasteiger charge is -2.04. The van der Waals surface area contributed by atoms with Gasteiger partial charge >= 0.3 is 0 Å². The van der Waals surface area contributed by atoms with Gasteiger partial charge in [-0.05, 0) is 19.1 Å². The zero-order valence-electron chi connectivity index (χ0n) is 13.1. The Balaban J connectivity index is 1.61. The molecule has 0 saturated carbocycles. The van der Waals surface area contributed by atoms with E-state index in [1.807, 2.05) is 31.2 Å². The lowest BCUT2D eigenvalue weighted by molar-refractivity contribution is 0.379. The van der Waals surface area contributed by atoms with Crippen LogP contribution >= 0.6 is 0 Å². The van der Waals surface area contributed by atoms with Crippen LogP contribution in [0, 0.1) is 6.92 Å². The maximum atomic E-state index is 12.1. The quantitative estimate of drug-likeness (QED) is 0.743. The summed E-state index contributed by atoms with van der Waals surface area (Å²) in [5.41, 5.74) is 2.01. The van der Waals surface area contributed by atoms with E-state index >= 15 is 0 Å². The fraction of sp³-hybridized carbons (Fsp3) is 0.176. The Morgan fingerprint density at radius 3 is 2.46 bits per heavy atom. The van der Waals surface area contributed by atoms with Crippen LogP contribution in [0.15, 0.2) is 64.0 Å². The van der Waals surface area contributed by atoms with Crippen molar-refractivity contribution in [1.82, 2.24) is 14.9 Å². The molecule has 0 aliphatic heterocycles. The minimum Gasteiger partial charge on any atom is -0.339 e. The summed E-state index contributed by atoms with van der Waals surface area (Å²) in [6.45, 7) is 2.19. The number of rotatable bonds is 6. The fourth-order valence-corrected chi connectivity index (χ4v) is 3.20. The summed E-state index contributed by atoms with van der Waals surface area (Å²) in [4.78, 5) is 4.52. The molecule has 1 aromatic heterocycles. The summed E-state index contributed by atoms with van der Waals surface area (Å²) < 4.78 is 31.9. The first-order chi connectivity index (χ1) is 11.5. The average Bonchev–Trinajstić information content (AvgIpc) is 3.05. The van der Waals surface area contributed by atoms with Crippen LogP contribution in [-0.4, -0.2) is 25.1 Å². The number of sulfonamides is 1. The molecule has 3 rings (SSSR count). The SMILES string of the molecule is Cc1ccc(-c2noc(CCNS(=O)(=O)c3ccccc3)n2)cc1. The highest BCUT2D eigenvalue weighted by Gasteiger charge is 2.14. The third kappa shape index (κ3) is 3.87. The van der Waals surface area contributed by atoms with Crippen LogP contribution in [0.25, 0.3) is 11.4 Å². The largest absolute Gasteiger partial charge is 0.339 e. The maximum absolute atomic E-state index is 12.1. The number of nitrogens with zero attached hydrogens (tertiary/aromatic N) is 2. The van der Waals surface area contributed by atoms with Gasteiger partial charge in [0.1, 0.15) is 0 Å². The van der Waals surface area contributed by atoms with Gasteiger partial charge in [0.05, 0.1) is 4.90 Å². The van der Waals surface area contributed by atoms with Crippen molar-refractivity contribution in [2.24, 2.45) is 0 Å². The molecule has 7 heteroatoms. The highest BCUT2D eigenvalue weighted by Crippen LogP contribution is 2.16. The molecule has 0 bridgehead atoms. The lowest BCUT2D eigenvalue weighted by atomic mass is 10.1. The van der Waals surface area contributed by atoms with Gasteiger partial charge in [-0.2, -0.15) is 4.98 Å². The molecule has 0 saturated heterocycles. The molecule has 1 N–H and O–H groups in total. The number of aromatic nitrogens is 2. The summed E-state index contributed by atoms with van der Waals surface area (Å²) in [6.07, 6.45) is 0.324. The molecule has 1 heterocycles. The van der Waals surface area contributed by atoms with E-state index in [1.54, 1.807) is 30.3 Å². The van der Waals surface area contributed by atoms with E-state index < -0.39 is 10.0 Å². The Kier molecular flexibility index (Phi) is 4.73. The van der Waals surface area contributed by atoms with Crippen molar-refractivity contribution in [3.05, 3.63) is 66.1 Å².